The molecule has 0 aromatic rings. The smallest absolute Gasteiger partial charge is 0.187 e. The molecule has 0 aliphatic carbocycles. The number of hydrogen-bond acceptors (Lipinski definition) is 16. The van der Waals surface area contributed by atoms with Crippen LogP contribution in [0.4, 0.5) is 0 Å². The summed E-state index contributed by atoms with van der Waals surface area (Å²) in [5.41, 5.74) is 0. The van der Waals surface area contributed by atoms with E-state index in [9.17, 15) is 56.2 Å². The quantitative estimate of drug-likeness (QED) is 0.154. The molecule has 11 N–H and O–H groups in total. The van der Waals surface area contributed by atoms with E-state index in [1.807, 2.05) is 0 Å². The first-order chi connectivity index (χ1) is 16.0. The van der Waals surface area contributed by atoms with Crippen molar-refractivity contribution in [2.75, 3.05) is 19.8 Å². The van der Waals surface area contributed by atoms with Crippen molar-refractivity contribution in [2.45, 2.75) is 92.1 Å². The maximum absolute atomic E-state index is 10.5. The van der Waals surface area contributed by atoms with Crippen LogP contribution in [0, 0.1) is 0 Å². The third-order valence-corrected chi connectivity index (χ3v) is 6.08. The molecule has 0 saturated carbocycles. The van der Waals surface area contributed by atoms with Gasteiger partial charge in [-0.05, 0) is 0 Å². The fourth-order valence-corrected chi connectivity index (χ4v) is 3.93. The molecule has 0 unspecified atom stereocenters. The molecule has 16 heteroatoms. The molecule has 0 aromatic heterocycles. The molecular formula is C18H32O16. The SMILES string of the molecule is OC[C@H]1O[C@H](O[C@H]2[C@@H](OC[C@H]3O[C@@H](O)[C@H](O)[C@@H](O)[C@@H]3O)O[C@H](CO)[C@H](O)[C@@H]2O)[C@H](O)[C@@H](O)[C@H]1O. The van der Waals surface area contributed by atoms with Gasteiger partial charge >= 0.3 is 0 Å². The van der Waals surface area contributed by atoms with E-state index in [4.69, 9.17) is 23.7 Å². The second-order valence-corrected chi connectivity index (χ2v) is 8.37. The predicted molar refractivity (Wildman–Crippen MR) is 101 cm³/mol. The molecule has 0 bridgehead atoms. The molecule has 3 saturated heterocycles. The highest BCUT2D eigenvalue weighted by Crippen LogP contribution is 2.30. The van der Waals surface area contributed by atoms with E-state index >= 15 is 0 Å². The summed E-state index contributed by atoms with van der Waals surface area (Å²) in [6.07, 6.45) is -25.0. The molecule has 0 radical (unpaired) electrons. The van der Waals surface area contributed by atoms with Crippen molar-refractivity contribution in [1.82, 2.24) is 0 Å². The van der Waals surface area contributed by atoms with Gasteiger partial charge in [0.05, 0.1) is 19.8 Å². The molecule has 0 aromatic carbocycles. The normalized spacial score (nSPS) is 52.5. The lowest BCUT2D eigenvalue weighted by Gasteiger charge is -2.46. The van der Waals surface area contributed by atoms with Crippen LogP contribution in [0.3, 0.4) is 0 Å². The van der Waals surface area contributed by atoms with Gasteiger partial charge in [0.2, 0.25) is 0 Å². The number of aliphatic hydroxyl groups is 11. The Hall–Kier alpha value is -0.640. The van der Waals surface area contributed by atoms with Crippen LogP contribution >= 0.6 is 0 Å². The Bertz CT molecular complexity index is 639. The van der Waals surface area contributed by atoms with E-state index in [2.05, 4.69) is 0 Å². The van der Waals surface area contributed by atoms with Gasteiger partial charge in [-0.15, -0.1) is 0 Å². The largest absolute Gasteiger partial charge is 0.394 e. The van der Waals surface area contributed by atoms with Crippen molar-refractivity contribution >= 4 is 0 Å². The summed E-state index contributed by atoms with van der Waals surface area (Å²) in [4.78, 5) is 0. The number of aliphatic hydroxyl groups excluding tert-OH is 11. The second kappa shape index (κ2) is 11.6. The highest BCUT2D eigenvalue weighted by Gasteiger charge is 2.51. The molecule has 0 spiro atoms. The van der Waals surface area contributed by atoms with Gasteiger partial charge in [-0.25, -0.2) is 0 Å². The van der Waals surface area contributed by atoms with Crippen molar-refractivity contribution < 1.29 is 79.9 Å². The van der Waals surface area contributed by atoms with Gasteiger partial charge in [-0.3, -0.25) is 0 Å². The first-order valence-electron chi connectivity index (χ1n) is 10.6. The number of ether oxygens (including phenoxy) is 5. The van der Waals surface area contributed by atoms with Gasteiger partial charge in [0.15, 0.2) is 18.9 Å². The average molecular weight is 504 g/mol. The van der Waals surface area contributed by atoms with Crippen LogP contribution in [-0.4, -0.2) is 168 Å². The summed E-state index contributed by atoms with van der Waals surface area (Å²) in [6, 6.07) is 0. The third-order valence-electron chi connectivity index (χ3n) is 6.08. The summed E-state index contributed by atoms with van der Waals surface area (Å²) in [6.45, 7) is -2.11. The van der Waals surface area contributed by atoms with Crippen LogP contribution in [0.25, 0.3) is 0 Å². The lowest BCUT2D eigenvalue weighted by Crippen LogP contribution is -2.65. The standard InChI is InChI=1S/C18H32O16/c19-1-4-7(21)11(25)14(28)17(32-4)34-15-12(26)8(22)5(2-20)33-18(15)30-3-6-9(23)10(24)13(27)16(29)31-6/h4-29H,1-3H2/t4-,5-,6-,7+,8+,9-,10+,11+,12+,13-,14-,15-,16-,17-,18+/m1/s1. The predicted octanol–water partition coefficient (Wildman–Crippen LogP) is -7.57. The van der Waals surface area contributed by atoms with Crippen LogP contribution in [-0.2, 0) is 23.7 Å². The lowest BCUT2D eigenvalue weighted by molar-refractivity contribution is -0.372. The van der Waals surface area contributed by atoms with E-state index in [0.29, 0.717) is 0 Å². The number of hydrogen-bond donors (Lipinski definition) is 11. The first kappa shape index (κ1) is 27.9. The Labute approximate surface area is 192 Å². The molecule has 3 aliphatic rings. The molecule has 15 atom stereocenters. The topological polar surface area (TPSA) is 269 Å². The highest BCUT2D eigenvalue weighted by atomic mass is 16.8. The van der Waals surface area contributed by atoms with Gasteiger partial charge < -0.3 is 79.9 Å². The summed E-state index contributed by atoms with van der Waals surface area (Å²) < 4.78 is 26.5. The number of rotatable bonds is 7. The fraction of sp³-hybridized carbons (Fsp3) is 1.00. The zero-order chi connectivity index (χ0) is 25.3. The third kappa shape index (κ3) is 5.52. The fourth-order valence-electron chi connectivity index (χ4n) is 3.93. The van der Waals surface area contributed by atoms with Gasteiger partial charge in [-0.2, -0.15) is 0 Å². The average Bonchev–Trinajstić information content (AvgIpc) is 2.82. The van der Waals surface area contributed by atoms with E-state index in [1.165, 1.54) is 0 Å². The van der Waals surface area contributed by atoms with Crippen molar-refractivity contribution in [3.63, 3.8) is 0 Å². The molecule has 200 valence electrons. The molecule has 3 rings (SSSR count). The molecule has 3 heterocycles. The molecule has 16 nitrogen and oxygen atoms in total. The van der Waals surface area contributed by atoms with Crippen molar-refractivity contribution in [3.05, 3.63) is 0 Å². The minimum absolute atomic E-state index is 0.609. The Morgan fingerprint density at radius 1 is 0.500 bits per heavy atom. The summed E-state index contributed by atoms with van der Waals surface area (Å²) in [5.74, 6) is 0. The second-order valence-electron chi connectivity index (χ2n) is 8.37. The zero-order valence-corrected chi connectivity index (χ0v) is 17.7. The van der Waals surface area contributed by atoms with Crippen LogP contribution in [0.2, 0.25) is 0 Å². The van der Waals surface area contributed by atoms with E-state index in [-0.39, 0.29) is 0 Å². The maximum Gasteiger partial charge on any atom is 0.187 e. The minimum atomic E-state index is -1.85. The van der Waals surface area contributed by atoms with E-state index in [0.717, 1.165) is 0 Å². The van der Waals surface area contributed by atoms with Gasteiger partial charge in [0, 0.05) is 0 Å². The van der Waals surface area contributed by atoms with Crippen LogP contribution in [0.15, 0.2) is 0 Å². The van der Waals surface area contributed by atoms with Crippen LogP contribution < -0.4 is 0 Å². The van der Waals surface area contributed by atoms with Crippen molar-refractivity contribution in [2.24, 2.45) is 0 Å². The van der Waals surface area contributed by atoms with Gasteiger partial charge in [0.25, 0.3) is 0 Å². The lowest BCUT2D eigenvalue weighted by atomic mass is 9.97. The summed E-state index contributed by atoms with van der Waals surface area (Å²) in [7, 11) is 0. The van der Waals surface area contributed by atoms with Crippen LogP contribution in [0.5, 0.6) is 0 Å². The zero-order valence-electron chi connectivity index (χ0n) is 17.7. The van der Waals surface area contributed by atoms with E-state index in [1.54, 1.807) is 0 Å². The minimum Gasteiger partial charge on any atom is -0.394 e. The Kier molecular flexibility index (Phi) is 9.54. The molecular weight excluding hydrogens is 472 g/mol. The monoisotopic (exact) mass is 504 g/mol. The van der Waals surface area contributed by atoms with Crippen LogP contribution in [0.1, 0.15) is 0 Å². The van der Waals surface area contributed by atoms with Gasteiger partial charge in [-0.1, -0.05) is 0 Å². The van der Waals surface area contributed by atoms with E-state index < -0.39 is 112 Å². The molecule has 34 heavy (non-hydrogen) atoms. The molecule has 0 amide bonds. The first-order valence-corrected chi connectivity index (χ1v) is 10.6. The Morgan fingerprint density at radius 3 is 1.59 bits per heavy atom. The van der Waals surface area contributed by atoms with Gasteiger partial charge in [0.1, 0.15) is 73.2 Å². The highest BCUT2D eigenvalue weighted by molar-refractivity contribution is 4.94. The summed E-state index contributed by atoms with van der Waals surface area (Å²) in [5, 5.41) is 109. The molecule has 3 aliphatic heterocycles. The Morgan fingerprint density at radius 2 is 1.00 bits per heavy atom. The maximum atomic E-state index is 10.5. The van der Waals surface area contributed by atoms with Crippen molar-refractivity contribution in [1.29, 1.82) is 0 Å². The Balaban J connectivity index is 1.74. The van der Waals surface area contributed by atoms with Crippen molar-refractivity contribution in [3.8, 4) is 0 Å². The summed E-state index contributed by atoms with van der Waals surface area (Å²) >= 11 is 0. The molecule has 3 fully saturated rings.